The molecule has 0 radical (unpaired) electrons. The first-order valence-corrected chi connectivity index (χ1v) is 17.2. The molecule has 4 rings (SSSR count). The molecule has 12 heteroatoms. The Morgan fingerprint density at radius 1 is 1.00 bits per heavy atom. The van der Waals surface area contributed by atoms with Crippen molar-refractivity contribution in [2.24, 2.45) is 5.73 Å². The van der Waals surface area contributed by atoms with Crippen LogP contribution in [0.1, 0.15) is 30.4 Å². The summed E-state index contributed by atoms with van der Waals surface area (Å²) in [5, 5.41) is 7.66. The molecule has 11 nitrogen and oxygen atoms in total. The van der Waals surface area contributed by atoms with E-state index in [9.17, 15) is 19.2 Å². The number of nitrogens with one attached hydrogen (secondary N) is 2. The van der Waals surface area contributed by atoms with E-state index >= 15 is 0 Å². The van der Waals surface area contributed by atoms with Crippen LogP contribution in [0.15, 0.2) is 72.8 Å². The third-order valence-electron chi connectivity index (χ3n) is 8.24. The zero-order valence-corrected chi connectivity index (χ0v) is 27.9. The Bertz CT molecular complexity index is 1490. The van der Waals surface area contributed by atoms with Crippen molar-refractivity contribution in [1.29, 1.82) is 0 Å². The second kappa shape index (κ2) is 18.3. The van der Waals surface area contributed by atoms with Crippen LogP contribution in [-0.2, 0) is 37.0 Å². The molecule has 0 spiro atoms. The number of amides is 3. The van der Waals surface area contributed by atoms with E-state index in [2.05, 4.69) is 16.7 Å². The molecule has 1 fully saturated rings. The highest BCUT2D eigenvalue weighted by atomic mass is 32.2. The van der Waals surface area contributed by atoms with E-state index in [1.165, 1.54) is 7.11 Å². The molecule has 4 N–H and O–H groups in total. The first-order valence-electron chi connectivity index (χ1n) is 15.9. The summed E-state index contributed by atoms with van der Waals surface area (Å²) in [4.78, 5) is 55.8. The number of alkyl carbamates (subject to hydrolysis) is 1. The maximum absolute atomic E-state index is 13.7. The fourth-order valence-electron chi connectivity index (χ4n) is 5.87. The van der Waals surface area contributed by atoms with E-state index in [1.807, 2.05) is 77.9 Å². The molecule has 1 heterocycles. The summed E-state index contributed by atoms with van der Waals surface area (Å²) < 4.78 is 10.3. The van der Waals surface area contributed by atoms with Gasteiger partial charge in [0.1, 0.15) is 18.7 Å². The molecular weight excluding hydrogens is 618 g/mol. The molecule has 1 aliphatic rings. The van der Waals surface area contributed by atoms with Crippen LogP contribution in [0.3, 0.4) is 0 Å². The van der Waals surface area contributed by atoms with E-state index < -0.39 is 24.1 Å². The van der Waals surface area contributed by atoms with E-state index in [-0.39, 0.29) is 37.6 Å². The van der Waals surface area contributed by atoms with Gasteiger partial charge in [-0.2, -0.15) is 11.8 Å². The summed E-state index contributed by atoms with van der Waals surface area (Å²) >= 11 is 1.59. The minimum Gasteiger partial charge on any atom is -0.467 e. The number of thioether (sulfide) groups is 1. The number of methoxy groups -OCH3 is 1. The summed E-state index contributed by atoms with van der Waals surface area (Å²) in [6.45, 7) is 1.36. The van der Waals surface area contributed by atoms with E-state index in [0.29, 0.717) is 31.8 Å². The van der Waals surface area contributed by atoms with Crippen LogP contribution in [0.25, 0.3) is 10.8 Å². The van der Waals surface area contributed by atoms with Gasteiger partial charge in [-0.15, -0.1) is 0 Å². The summed E-state index contributed by atoms with van der Waals surface area (Å²) in [6, 6.07) is 21.5. The number of carbonyl (C=O) groups excluding carboxylic acids is 4. The Balaban J connectivity index is 1.47. The summed E-state index contributed by atoms with van der Waals surface area (Å²) in [6.07, 6.45) is 3.18. The molecule has 252 valence electrons. The molecule has 3 aromatic carbocycles. The van der Waals surface area contributed by atoms with Crippen molar-refractivity contribution in [1.82, 2.24) is 20.4 Å². The predicted molar refractivity (Wildman–Crippen MR) is 184 cm³/mol. The predicted octanol–water partition coefficient (Wildman–Crippen LogP) is 3.30. The van der Waals surface area contributed by atoms with Gasteiger partial charge in [0.15, 0.2) is 0 Å². The minimum absolute atomic E-state index is 0.0128. The highest BCUT2D eigenvalue weighted by molar-refractivity contribution is 7.98. The third kappa shape index (κ3) is 10.4. The molecule has 1 aliphatic heterocycles. The average molecular weight is 664 g/mol. The lowest BCUT2D eigenvalue weighted by Crippen LogP contribution is -2.55. The number of rotatable bonds is 16. The van der Waals surface area contributed by atoms with Crippen molar-refractivity contribution < 1.29 is 28.7 Å². The van der Waals surface area contributed by atoms with E-state index in [1.54, 1.807) is 16.7 Å². The van der Waals surface area contributed by atoms with Gasteiger partial charge in [-0.05, 0) is 53.2 Å². The number of benzene rings is 3. The summed E-state index contributed by atoms with van der Waals surface area (Å²) in [5.41, 5.74) is 7.83. The standard InChI is InChI=1S/C35H45N5O6S/c1-45-34(43)30(17-19-47-2)37-32(41)23-39(21-27-14-8-13-26-12-6-7-16-29(26)27)22-28-15-9-18-40(28)33(42)31(20-36)38-35(44)46-24-25-10-4-3-5-11-25/h3-8,10-14,16,28,30-31H,9,15,17-24,36H2,1-2H3,(H,37,41)(H,38,44)/t28-,30-,31-/m0/s1. The second-order valence-corrected chi connectivity index (χ2v) is 12.5. The normalized spacial score (nSPS) is 15.7. The van der Waals surface area contributed by atoms with Crippen LogP contribution < -0.4 is 16.4 Å². The third-order valence-corrected chi connectivity index (χ3v) is 8.88. The Morgan fingerprint density at radius 3 is 2.49 bits per heavy atom. The Hall–Kier alpha value is -4.13. The SMILES string of the molecule is COC(=O)[C@H](CCSC)NC(=O)CN(Cc1cccc2ccccc12)C[C@@H]1CCCN1C(=O)[C@H](CN)NC(=O)OCc1ccccc1. The number of esters is 1. The number of likely N-dealkylation sites (tertiary alicyclic amines) is 1. The number of nitrogens with two attached hydrogens (primary N) is 1. The fraction of sp³-hybridized carbons (Fsp3) is 0.429. The van der Waals surface area contributed by atoms with Crippen LogP contribution in [0.2, 0.25) is 0 Å². The molecule has 0 bridgehead atoms. The van der Waals surface area contributed by atoms with Gasteiger partial charge in [-0.3, -0.25) is 14.5 Å². The maximum Gasteiger partial charge on any atom is 0.408 e. The Morgan fingerprint density at radius 2 is 1.74 bits per heavy atom. The van der Waals surface area contributed by atoms with Crippen LogP contribution in [-0.4, -0.2) is 97.1 Å². The van der Waals surface area contributed by atoms with E-state index in [4.69, 9.17) is 15.2 Å². The first kappa shape index (κ1) is 35.7. The second-order valence-electron chi connectivity index (χ2n) is 11.6. The number of carbonyl (C=O) groups is 4. The molecule has 0 aromatic heterocycles. The first-order chi connectivity index (χ1) is 22.8. The summed E-state index contributed by atoms with van der Waals surface area (Å²) in [7, 11) is 1.31. The monoisotopic (exact) mass is 663 g/mol. The molecular formula is C35H45N5O6S. The topological polar surface area (TPSA) is 143 Å². The van der Waals surface area contributed by atoms with Gasteiger partial charge in [-0.25, -0.2) is 9.59 Å². The fourth-order valence-corrected chi connectivity index (χ4v) is 6.34. The van der Waals surface area contributed by atoms with E-state index in [0.717, 1.165) is 34.7 Å². The zero-order chi connectivity index (χ0) is 33.6. The van der Waals surface area contributed by atoms with Crippen molar-refractivity contribution in [2.75, 3.05) is 45.3 Å². The van der Waals surface area contributed by atoms with Crippen molar-refractivity contribution in [3.8, 4) is 0 Å². The van der Waals surface area contributed by atoms with Gasteiger partial charge in [0.25, 0.3) is 0 Å². The van der Waals surface area contributed by atoms with Crippen molar-refractivity contribution in [2.45, 2.75) is 50.5 Å². The molecule has 3 aromatic rings. The summed E-state index contributed by atoms with van der Waals surface area (Å²) in [5.74, 6) is -0.387. The van der Waals surface area contributed by atoms with Crippen LogP contribution in [0.4, 0.5) is 4.79 Å². The van der Waals surface area contributed by atoms with Crippen molar-refractivity contribution >= 4 is 46.4 Å². The van der Waals surface area contributed by atoms with Gasteiger partial charge in [0.2, 0.25) is 11.8 Å². The number of hydrogen-bond acceptors (Lipinski definition) is 9. The van der Waals surface area contributed by atoms with Crippen LogP contribution >= 0.6 is 11.8 Å². The quantitative estimate of drug-likeness (QED) is 0.197. The largest absolute Gasteiger partial charge is 0.467 e. The lowest BCUT2D eigenvalue weighted by atomic mass is 10.0. The highest BCUT2D eigenvalue weighted by Crippen LogP contribution is 2.23. The Kier molecular flexibility index (Phi) is 13.9. The van der Waals surface area contributed by atoms with Gasteiger partial charge >= 0.3 is 12.1 Å². The number of nitrogens with zero attached hydrogens (tertiary/aromatic N) is 2. The number of fused-ring (bicyclic) bond motifs is 1. The van der Waals surface area contributed by atoms with Gasteiger partial charge in [0, 0.05) is 32.2 Å². The van der Waals surface area contributed by atoms with Gasteiger partial charge < -0.3 is 30.7 Å². The molecule has 3 atom stereocenters. The van der Waals surface area contributed by atoms with Crippen molar-refractivity contribution in [3.63, 3.8) is 0 Å². The van der Waals surface area contributed by atoms with Crippen molar-refractivity contribution in [3.05, 3.63) is 83.9 Å². The smallest absolute Gasteiger partial charge is 0.408 e. The lowest BCUT2D eigenvalue weighted by Gasteiger charge is -2.33. The molecule has 1 saturated heterocycles. The Labute approximate surface area is 280 Å². The zero-order valence-electron chi connectivity index (χ0n) is 27.1. The van der Waals surface area contributed by atoms with Gasteiger partial charge in [0.05, 0.1) is 13.7 Å². The number of ether oxygens (including phenoxy) is 2. The van der Waals surface area contributed by atoms with Crippen LogP contribution in [0, 0.1) is 0 Å². The average Bonchev–Trinajstić information content (AvgIpc) is 3.56. The molecule has 0 aliphatic carbocycles. The number of hydrogen-bond donors (Lipinski definition) is 3. The molecule has 3 amide bonds. The molecule has 0 unspecified atom stereocenters. The molecule has 0 saturated carbocycles. The van der Waals surface area contributed by atoms with Gasteiger partial charge in [-0.1, -0.05) is 72.8 Å². The minimum atomic E-state index is -0.953. The van der Waals surface area contributed by atoms with Crippen LogP contribution in [0.5, 0.6) is 0 Å². The maximum atomic E-state index is 13.7. The highest BCUT2D eigenvalue weighted by Gasteiger charge is 2.35. The lowest BCUT2D eigenvalue weighted by molar-refractivity contribution is -0.145. The molecule has 47 heavy (non-hydrogen) atoms.